The Labute approximate surface area is 98.4 Å². The SMILES string of the molecule is C=CCNc1snc(N)c1S(=O)(=O)C1CC1. The van der Waals surface area contributed by atoms with Gasteiger partial charge in [-0.3, -0.25) is 0 Å². The third-order valence-corrected chi connectivity index (χ3v) is 5.61. The largest absolute Gasteiger partial charge is 0.382 e. The van der Waals surface area contributed by atoms with Crippen molar-refractivity contribution in [1.29, 1.82) is 0 Å². The van der Waals surface area contributed by atoms with Crippen LogP contribution in [-0.4, -0.2) is 24.6 Å². The van der Waals surface area contributed by atoms with Crippen molar-refractivity contribution in [3.8, 4) is 0 Å². The molecule has 1 fully saturated rings. The molecule has 0 bridgehead atoms. The fourth-order valence-corrected chi connectivity index (χ4v) is 4.28. The van der Waals surface area contributed by atoms with Gasteiger partial charge < -0.3 is 11.1 Å². The van der Waals surface area contributed by atoms with Gasteiger partial charge in [0.15, 0.2) is 15.7 Å². The molecule has 3 N–H and O–H groups in total. The van der Waals surface area contributed by atoms with Crippen LogP contribution >= 0.6 is 11.5 Å². The Bertz CT molecular complexity index is 503. The number of anilines is 2. The van der Waals surface area contributed by atoms with E-state index >= 15 is 0 Å². The Morgan fingerprint density at radius 1 is 1.62 bits per heavy atom. The van der Waals surface area contributed by atoms with Crippen molar-refractivity contribution in [2.45, 2.75) is 23.0 Å². The molecule has 7 heteroatoms. The number of sulfone groups is 1. The van der Waals surface area contributed by atoms with Gasteiger partial charge in [-0.15, -0.1) is 6.58 Å². The summed E-state index contributed by atoms with van der Waals surface area (Å²) in [6.07, 6.45) is 3.10. The first-order valence-electron chi connectivity index (χ1n) is 4.91. The lowest BCUT2D eigenvalue weighted by Crippen LogP contribution is -2.11. The molecule has 0 unspecified atom stereocenters. The van der Waals surface area contributed by atoms with E-state index in [2.05, 4.69) is 16.3 Å². The molecule has 0 aromatic carbocycles. The summed E-state index contributed by atoms with van der Waals surface area (Å²) >= 11 is 1.08. The average molecular weight is 259 g/mol. The summed E-state index contributed by atoms with van der Waals surface area (Å²) in [5.74, 6) is 0.100. The molecule has 0 aliphatic heterocycles. The van der Waals surface area contributed by atoms with Crippen LogP contribution in [0.5, 0.6) is 0 Å². The van der Waals surface area contributed by atoms with E-state index in [-0.39, 0.29) is 16.0 Å². The molecule has 5 nitrogen and oxygen atoms in total. The maximum absolute atomic E-state index is 12.1. The van der Waals surface area contributed by atoms with Crippen molar-refractivity contribution in [1.82, 2.24) is 4.37 Å². The smallest absolute Gasteiger partial charge is 0.187 e. The molecule has 1 aromatic rings. The summed E-state index contributed by atoms with van der Waals surface area (Å²) < 4.78 is 28.1. The molecule has 0 amide bonds. The van der Waals surface area contributed by atoms with Crippen molar-refractivity contribution >= 4 is 32.2 Å². The molecule has 0 saturated heterocycles. The van der Waals surface area contributed by atoms with Crippen LogP contribution in [-0.2, 0) is 9.84 Å². The Morgan fingerprint density at radius 2 is 2.31 bits per heavy atom. The number of hydrogen-bond donors (Lipinski definition) is 2. The molecular formula is C9H13N3O2S2. The van der Waals surface area contributed by atoms with Gasteiger partial charge in [-0.05, 0) is 24.4 Å². The first kappa shape index (κ1) is 11.4. The van der Waals surface area contributed by atoms with Crippen LogP contribution in [0, 0.1) is 0 Å². The average Bonchev–Trinajstić information content (AvgIpc) is 3.01. The van der Waals surface area contributed by atoms with Gasteiger partial charge in [0.1, 0.15) is 9.90 Å². The van der Waals surface area contributed by atoms with Crippen LogP contribution in [0.3, 0.4) is 0 Å². The van der Waals surface area contributed by atoms with Gasteiger partial charge in [0.25, 0.3) is 0 Å². The Balaban J connectivity index is 2.38. The lowest BCUT2D eigenvalue weighted by Gasteiger charge is -2.05. The van der Waals surface area contributed by atoms with Crippen molar-refractivity contribution < 1.29 is 8.42 Å². The summed E-state index contributed by atoms with van der Waals surface area (Å²) in [6.45, 7) is 4.06. The number of hydrogen-bond acceptors (Lipinski definition) is 6. The second-order valence-electron chi connectivity index (χ2n) is 3.64. The molecule has 88 valence electrons. The fraction of sp³-hybridized carbons (Fsp3) is 0.444. The Hall–Kier alpha value is -1.08. The molecule has 1 saturated carbocycles. The summed E-state index contributed by atoms with van der Waals surface area (Å²) in [6, 6.07) is 0. The Morgan fingerprint density at radius 3 is 2.88 bits per heavy atom. The van der Waals surface area contributed by atoms with Gasteiger partial charge in [0.2, 0.25) is 0 Å². The Kier molecular flexibility index (Phi) is 2.90. The molecule has 1 aromatic heterocycles. The molecule has 1 aliphatic rings. The third-order valence-electron chi connectivity index (χ3n) is 2.33. The summed E-state index contributed by atoms with van der Waals surface area (Å²) in [5.41, 5.74) is 5.62. The topological polar surface area (TPSA) is 85.1 Å². The minimum atomic E-state index is -3.29. The van der Waals surface area contributed by atoms with E-state index in [0.717, 1.165) is 24.4 Å². The van der Waals surface area contributed by atoms with E-state index in [1.807, 2.05) is 0 Å². The van der Waals surface area contributed by atoms with Crippen molar-refractivity contribution in [2.75, 3.05) is 17.6 Å². The van der Waals surface area contributed by atoms with Gasteiger partial charge in [0.05, 0.1) is 5.25 Å². The van der Waals surface area contributed by atoms with Crippen LogP contribution in [0.1, 0.15) is 12.8 Å². The standard InChI is InChI=1S/C9H13N3O2S2/c1-2-5-11-9-7(8(10)12-15-9)16(13,14)6-3-4-6/h2,6,11H,1,3-5H2,(H2,10,12). The van der Waals surface area contributed by atoms with Crippen molar-refractivity contribution in [3.05, 3.63) is 12.7 Å². The van der Waals surface area contributed by atoms with Gasteiger partial charge in [0, 0.05) is 6.54 Å². The van der Waals surface area contributed by atoms with Crippen LogP contribution < -0.4 is 11.1 Å². The van der Waals surface area contributed by atoms with Crippen LogP contribution in [0.15, 0.2) is 17.6 Å². The zero-order valence-electron chi connectivity index (χ0n) is 8.64. The first-order chi connectivity index (χ1) is 7.57. The van der Waals surface area contributed by atoms with E-state index in [9.17, 15) is 8.42 Å². The van der Waals surface area contributed by atoms with E-state index < -0.39 is 9.84 Å². The molecule has 2 rings (SSSR count). The lowest BCUT2D eigenvalue weighted by atomic mass is 10.5. The minimum absolute atomic E-state index is 0.100. The predicted octanol–water partition coefficient (Wildman–Crippen LogP) is 1.26. The van der Waals surface area contributed by atoms with E-state index in [1.165, 1.54) is 0 Å². The van der Waals surface area contributed by atoms with Crippen LogP contribution in [0.25, 0.3) is 0 Å². The highest BCUT2D eigenvalue weighted by Crippen LogP contribution is 2.40. The minimum Gasteiger partial charge on any atom is -0.382 e. The first-order valence-corrected chi connectivity index (χ1v) is 7.23. The molecule has 1 heterocycles. The highest BCUT2D eigenvalue weighted by molar-refractivity contribution is 7.92. The second-order valence-corrected chi connectivity index (χ2v) is 6.58. The maximum atomic E-state index is 12.1. The zero-order chi connectivity index (χ0) is 11.8. The summed E-state index contributed by atoms with van der Waals surface area (Å²) in [5, 5.41) is 3.20. The summed E-state index contributed by atoms with van der Waals surface area (Å²) in [4.78, 5) is 0.168. The van der Waals surface area contributed by atoms with Crippen molar-refractivity contribution in [3.63, 3.8) is 0 Å². The van der Waals surface area contributed by atoms with E-state index in [1.54, 1.807) is 6.08 Å². The van der Waals surface area contributed by atoms with Crippen molar-refractivity contribution in [2.24, 2.45) is 0 Å². The van der Waals surface area contributed by atoms with Gasteiger partial charge >= 0.3 is 0 Å². The molecule has 0 radical (unpaired) electrons. The van der Waals surface area contributed by atoms with Crippen LogP contribution in [0.4, 0.5) is 10.8 Å². The number of nitrogen functional groups attached to an aromatic ring is 1. The zero-order valence-corrected chi connectivity index (χ0v) is 10.3. The monoisotopic (exact) mass is 259 g/mol. The molecular weight excluding hydrogens is 246 g/mol. The fourth-order valence-electron chi connectivity index (χ4n) is 1.39. The van der Waals surface area contributed by atoms with Gasteiger partial charge in [-0.2, -0.15) is 4.37 Å². The molecule has 16 heavy (non-hydrogen) atoms. The van der Waals surface area contributed by atoms with E-state index in [0.29, 0.717) is 11.5 Å². The quantitative estimate of drug-likeness (QED) is 0.778. The highest BCUT2D eigenvalue weighted by atomic mass is 32.2. The molecule has 0 spiro atoms. The predicted molar refractivity (Wildman–Crippen MR) is 65.4 cm³/mol. The van der Waals surface area contributed by atoms with Gasteiger partial charge in [-0.1, -0.05) is 6.08 Å². The van der Waals surface area contributed by atoms with Crippen LogP contribution in [0.2, 0.25) is 0 Å². The number of nitrogens with zero attached hydrogens (tertiary/aromatic N) is 1. The third kappa shape index (κ3) is 1.92. The second kappa shape index (κ2) is 4.06. The lowest BCUT2D eigenvalue weighted by molar-refractivity contribution is 0.595. The van der Waals surface area contributed by atoms with E-state index in [4.69, 9.17) is 5.73 Å². The van der Waals surface area contributed by atoms with Gasteiger partial charge in [-0.25, -0.2) is 8.42 Å². The highest BCUT2D eigenvalue weighted by Gasteiger charge is 2.40. The molecule has 0 atom stereocenters. The number of aromatic nitrogens is 1. The number of nitrogens with two attached hydrogens (primary N) is 1. The number of nitrogens with one attached hydrogen (secondary N) is 1. The normalized spacial score (nSPS) is 16.0. The number of rotatable bonds is 5. The summed E-state index contributed by atoms with van der Waals surface area (Å²) in [7, 11) is -3.29. The molecule has 1 aliphatic carbocycles. The maximum Gasteiger partial charge on any atom is 0.187 e.